The fourth-order valence-electron chi connectivity index (χ4n) is 2.73. The van der Waals surface area contributed by atoms with Gasteiger partial charge >= 0.3 is 0 Å². The van der Waals surface area contributed by atoms with Crippen molar-refractivity contribution in [2.75, 3.05) is 7.11 Å². The van der Waals surface area contributed by atoms with Crippen LogP contribution in [0.3, 0.4) is 0 Å². The van der Waals surface area contributed by atoms with Crippen LogP contribution in [0.1, 0.15) is 0 Å². The number of aryl methyl sites for hydroxylation is 1. The molecule has 0 aliphatic heterocycles. The lowest BCUT2D eigenvalue weighted by molar-refractivity contribution is 0.390. The van der Waals surface area contributed by atoms with E-state index in [1.54, 1.807) is 24.1 Å². The fourth-order valence-corrected chi connectivity index (χ4v) is 3.08. The zero-order valence-corrected chi connectivity index (χ0v) is 14.5. The summed E-state index contributed by atoms with van der Waals surface area (Å²) < 4.78 is 22.5. The molecule has 24 heavy (non-hydrogen) atoms. The maximum atomic E-state index is 14.7. The first-order valence-electron chi connectivity index (χ1n) is 7.19. The molecule has 0 saturated carbocycles. The van der Waals surface area contributed by atoms with E-state index in [-0.39, 0.29) is 11.3 Å². The standard InChI is InChI=1S/C17H12BrFN4O/c1-23-8-9-5-11(17(24-2)15(19)16(9)22-23)14-7-20-13-6-10(18)3-4-12(13)21-14/h3-8H,1-2H3. The van der Waals surface area contributed by atoms with Gasteiger partial charge < -0.3 is 4.74 Å². The summed E-state index contributed by atoms with van der Waals surface area (Å²) in [7, 11) is 3.18. The Morgan fingerprint density at radius 1 is 1.21 bits per heavy atom. The fraction of sp³-hybridized carbons (Fsp3) is 0.118. The number of fused-ring (bicyclic) bond motifs is 2. The van der Waals surface area contributed by atoms with Gasteiger partial charge in [0.2, 0.25) is 0 Å². The summed E-state index contributed by atoms with van der Waals surface area (Å²) in [5.74, 6) is -0.379. The van der Waals surface area contributed by atoms with Crippen molar-refractivity contribution >= 4 is 37.9 Å². The van der Waals surface area contributed by atoms with Gasteiger partial charge in [0.1, 0.15) is 5.52 Å². The van der Waals surface area contributed by atoms with E-state index >= 15 is 0 Å². The van der Waals surface area contributed by atoms with Crippen molar-refractivity contribution in [3.8, 4) is 17.0 Å². The van der Waals surface area contributed by atoms with E-state index in [0.717, 1.165) is 15.5 Å². The molecule has 0 N–H and O–H groups in total. The molecular weight excluding hydrogens is 375 g/mol. The molecule has 4 rings (SSSR count). The first-order valence-corrected chi connectivity index (χ1v) is 7.98. The molecule has 2 aromatic carbocycles. The minimum absolute atomic E-state index is 0.118. The Balaban J connectivity index is 1.99. The van der Waals surface area contributed by atoms with Crippen LogP contribution < -0.4 is 4.74 Å². The van der Waals surface area contributed by atoms with E-state index in [4.69, 9.17) is 4.74 Å². The van der Waals surface area contributed by atoms with Crippen LogP contribution in [0.15, 0.2) is 41.1 Å². The quantitative estimate of drug-likeness (QED) is 0.520. The summed E-state index contributed by atoms with van der Waals surface area (Å²) in [6, 6.07) is 7.46. The zero-order chi connectivity index (χ0) is 16.8. The summed E-state index contributed by atoms with van der Waals surface area (Å²) in [6.07, 6.45) is 3.38. The second-order valence-corrected chi connectivity index (χ2v) is 6.32. The Kier molecular flexibility index (Phi) is 3.45. The average Bonchev–Trinajstić information content (AvgIpc) is 2.95. The topological polar surface area (TPSA) is 52.8 Å². The number of nitrogens with zero attached hydrogens (tertiary/aromatic N) is 4. The molecule has 0 unspecified atom stereocenters. The molecule has 0 atom stereocenters. The lowest BCUT2D eigenvalue weighted by Crippen LogP contribution is -1.96. The summed E-state index contributed by atoms with van der Waals surface area (Å²) >= 11 is 3.41. The number of rotatable bonds is 2. The van der Waals surface area contributed by atoms with Gasteiger partial charge in [0.05, 0.1) is 30.0 Å². The average molecular weight is 387 g/mol. The molecule has 0 amide bonds. The molecule has 5 nitrogen and oxygen atoms in total. The van der Waals surface area contributed by atoms with Crippen molar-refractivity contribution in [3.05, 3.63) is 46.9 Å². The predicted molar refractivity (Wildman–Crippen MR) is 93.5 cm³/mol. The highest BCUT2D eigenvalue weighted by molar-refractivity contribution is 9.10. The molecule has 7 heteroatoms. The third-order valence-electron chi connectivity index (χ3n) is 3.79. The van der Waals surface area contributed by atoms with Gasteiger partial charge in [-0.05, 0) is 24.3 Å². The Labute approximate surface area is 145 Å². The third-order valence-corrected chi connectivity index (χ3v) is 4.29. The molecule has 2 aromatic heterocycles. The normalized spacial score (nSPS) is 11.3. The van der Waals surface area contributed by atoms with E-state index in [1.165, 1.54) is 7.11 Å². The first kappa shape index (κ1) is 15.0. The van der Waals surface area contributed by atoms with Crippen LogP contribution >= 0.6 is 15.9 Å². The van der Waals surface area contributed by atoms with E-state index < -0.39 is 5.82 Å². The maximum absolute atomic E-state index is 14.7. The highest BCUT2D eigenvalue weighted by atomic mass is 79.9. The molecule has 0 radical (unpaired) electrons. The molecule has 0 fully saturated rings. The highest BCUT2D eigenvalue weighted by Crippen LogP contribution is 2.36. The second-order valence-electron chi connectivity index (χ2n) is 5.40. The van der Waals surface area contributed by atoms with Gasteiger partial charge in [0, 0.05) is 28.7 Å². The van der Waals surface area contributed by atoms with E-state index in [1.807, 2.05) is 24.3 Å². The van der Waals surface area contributed by atoms with Crippen molar-refractivity contribution in [3.63, 3.8) is 0 Å². The summed E-state index contributed by atoms with van der Waals surface area (Å²) in [5.41, 5.74) is 2.86. The highest BCUT2D eigenvalue weighted by Gasteiger charge is 2.19. The Bertz CT molecular complexity index is 1090. The van der Waals surface area contributed by atoms with Crippen LogP contribution in [-0.4, -0.2) is 26.9 Å². The van der Waals surface area contributed by atoms with Gasteiger partial charge in [-0.25, -0.2) is 9.37 Å². The van der Waals surface area contributed by atoms with Crippen LogP contribution in [0.2, 0.25) is 0 Å². The minimum Gasteiger partial charge on any atom is -0.493 e. The molecule has 2 heterocycles. The van der Waals surface area contributed by atoms with Crippen molar-refractivity contribution in [2.24, 2.45) is 7.05 Å². The summed E-state index contributed by atoms with van der Waals surface area (Å²) in [4.78, 5) is 9.01. The number of benzene rings is 2. The SMILES string of the molecule is COc1c(-c2cnc3cc(Br)ccc3n2)cc2cn(C)nc2c1F. The second kappa shape index (κ2) is 5.52. The molecule has 0 spiro atoms. The van der Waals surface area contributed by atoms with Crippen molar-refractivity contribution < 1.29 is 9.13 Å². The third kappa shape index (κ3) is 2.32. The van der Waals surface area contributed by atoms with Crippen LogP contribution in [0, 0.1) is 5.82 Å². The van der Waals surface area contributed by atoms with Gasteiger partial charge in [0.25, 0.3) is 0 Å². The largest absolute Gasteiger partial charge is 0.493 e. The lowest BCUT2D eigenvalue weighted by Gasteiger charge is -2.10. The Morgan fingerprint density at radius 2 is 2.04 bits per heavy atom. The molecule has 4 aromatic rings. The van der Waals surface area contributed by atoms with Crippen LogP contribution in [-0.2, 0) is 7.05 Å². The Morgan fingerprint density at radius 3 is 2.83 bits per heavy atom. The molecular formula is C17H12BrFN4O. The number of halogens is 2. The van der Waals surface area contributed by atoms with Crippen LogP contribution in [0.5, 0.6) is 5.75 Å². The lowest BCUT2D eigenvalue weighted by atomic mass is 10.1. The monoisotopic (exact) mass is 386 g/mol. The van der Waals surface area contributed by atoms with Crippen molar-refractivity contribution in [1.82, 2.24) is 19.7 Å². The number of aromatic nitrogens is 4. The van der Waals surface area contributed by atoms with Crippen molar-refractivity contribution in [1.29, 1.82) is 0 Å². The van der Waals surface area contributed by atoms with E-state index in [2.05, 4.69) is 31.0 Å². The maximum Gasteiger partial charge on any atom is 0.193 e. The van der Waals surface area contributed by atoms with Gasteiger partial charge in [0.15, 0.2) is 11.6 Å². The van der Waals surface area contributed by atoms with E-state index in [9.17, 15) is 4.39 Å². The molecule has 120 valence electrons. The van der Waals surface area contributed by atoms with Gasteiger partial charge in [-0.2, -0.15) is 5.10 Å². The number of hydrogen-bond acceptors (Lipinski definition) is 4. The molecule has 0 saturated heterocycles. The van der Waals surface area contributed by atoms with E-state index in [0.29, 0.717) is 16.6 Å². The van der Waals surface area contributed by atoms with Crippen molar-refractivity contribution in [2.45, 2.75) is 0 Å². The van der Waals surface area contributed by atoms with Gasteiger partial charge in [-0.1, -0.05) is 15.9 Å². The van der Waals surface area contributed by atoms with Gasteiger partial charge in [-0.15, -0.1) is 0 Å². The number of methoxy groups -OCH3 is 1. The molecule has 0 aliphatic carbocycles. The summed E-state index contributed by atoms with van der Waals surface area (Å²) in [5, 5.41) is 4.82. The zero-order valence-electron chi connectivity index (χ0n) is 12.9. The molecule has 0 bridgehead atoms. The predicted octanol–water partition coefficient (Wildman–Crippen LogP) is 4.09. The minimum atomic E-state index is -0.497. The van der Waals surface area contributed by atoms with Crippen LogP contribution in [0.25, 0.3) is 33.2 Å². The Hall–Kier alpha value is -2.54. The first-order chi connectivity index (χ1) is 11.6. The summed E-state index contributed by atoms with van der Waals surface area (Å²) in [6.45, 7) is 0. The smallest absolute Gasteiger partial charge is 0.193 e. The van der Waals surface area contributed by atoms with Gasteiger partial charge in [-0.3, -0.25) is 9.67 Å². The van der Waals surface area contributed by atoms with Crippen LogP contribution in [0.4, 0.5) is 4.39 Å². The number of ether oxygens (including phenoxy) is 1. The molecule has 0 aliphatic rings. The number of hydrogen-bond donors (Lipinski definition) is 0.